The van der Waals surface area contributed by atoms with Gasteiger partial charge in [-0.05, 0) is 29.2 Å². The van der Waals surface area contributed by atoms with Crippen LogP contribution in [-0.2, 0) is 10.0 Å². The first kappa shape index (κ1) is 19.6. The molecule has 0 aromatic heterocycles. The zero-order chi connectivity index (χ0) is 16.2. The number of sulfonamides is 1. The summed E-state index contributed by atoms with van der Waals surface area (Å²) in [5.74, 6) is 0.371. The van der Waals surface area contributed by atoms with E-state index in [1.165, 1.54) is 0 Å². The molecule has 0 aliphatic rings. The van der Waals surface area contributed by atoms with Crippen molar-refractivity contribution in [3.63, 3.8) is 0 Å². The Morgan fingerprint density at radius 3 is 2.04 bits per heavy atom. The molecule has 0 fully saturated rings. The Morgan fingerprint density at radius 1 is 0.957 bits per heavy atom. The molecular weight excluding hydrogens is 332 g/mol. The van der Waals surface area contributed by atoms with E-state index in [1.54, 1.807) is 12.1 Å². The number of nitrogens with two attached hydrogens (primary N) is 1. The summed E-state index contributed by atoms with van der Waals surface area (Å²) in [5.41, 5.74) is 8.03. The van der Waals surface area contributed by atoms with E-state index in [0.29, 0.717) is 5.92 Å². The summed E-state index contributed by atoms with van der Waals surface area (Å²) in [6, 6.07) is 16.0. The lowest BCUT2D eigenvalue weighted by Crippen LogP contribution is -2.31. The minimum atomic E-state index is -3.54. The van der Waals surface area contributed by atoms with Crippen LogP contribution in [0.4, 0.5) is 0 Å². The van der Waals surface area contributed by atoms with Crippen molar-refractivity contribution in [2.45, 2.75) is 30.7 Å². The molecule has 1 atom stereocenters. The van der Waals surface area contributed by atoms with Crippen LogP contribution in [-0.4, -0.2) is 15.0 Å². The van der Waals surface area contributed by atoms with E-state index in [4.69, 9.17) is 5.73 Å². The van der Waals surface area contributed by atoms with Crippen molar-refractivity contribution in [3.05, 3.63) is 65.7 Å². The Labute approximate surface area is 144 Å². The van der Waals surface area contributed by atoms with Crippen LogP contribution in [0.1, 0.15) is 36.9 Å². The SMILES string of the molecule is CC(C)c1ccc(S(=O)(=O)NCC(N)c2ccccc2)cc1.Cl. The monoisotopic (exact) mass is 354 g/mol. The molecule has 0 saturated carbocycles. The van der Waals surface area contributed by atoms with Crippen LogP contribution in [0, 0.1) is 0 Å². The van der Waals surface area contributed by atoms with Crippen LogP contribution >= 0.6 is 12.4 Å². The average molecular weight is 355 g/mol. The van der Waals surface area contributed by atoms with E-state index < -0.39 is 10.0 Å². The third-order valence-electron chi connectivity index (χ3n) is 3.58. The Hall–Kier alpha value is -1.40. The van der Waals surface area contributed by atoms with Crippen LogP contribution in [0.5, 0.6) is 0 Å². The molecule has 2 aromatic carbocycles. The van der Waals surface area contributed by atoms with Gasteiger partial charge in [0.05, 0.1) is 4.90 Å². The second-order valence-electron chi connectivity index (χ2n) is 5.59. The molecule has 0 aliphatic heterocycles. The van der Waals surface area contributed by atoms with Gasteiger partial charge in [0.1, 0.15) is 0 Å². The van der Waals surface area contributed by atoms with Gasteiger partial charge in [0.25, 0.3) is 0 Å². The number of halogens is 1. The van der Waals surface area contributed by atoms with Gasteiger partial charge in [0.2, 0.25) is 10.0 Å². The van der Waals surface area contributed by atoms with Crippen LogP contribution in [0.3, 0.4) is 0 Å². The van der Waals surface area contributed by atoms with Crippen LogP contribution in [0.15, 0.2) is 59.5 Å². The Morgan fingerprint density at radius 2 is 1.52 bits per heavy atom. The van der Waals surface area contributed by atoms with Crippen molar-refractivity contribution >= 4 is 22.4 Å². The molecule has 2 rings (SSSR count). The molecule has 0 spiro atoms. The van der Waals surface area contributed by atoms with Gasteiger partial charge in [-0.25, -0.2) is 13.1 Å². The maximum Gasteiger partial charge on any atom is 0.240 e. The lowest BCUT2D eigenvalue weighted by molar-refractivity contribution is 0.572. The Bertz CT molecular complexity index is 701. The molecule has 23 heavy (non-hydrogen) atoms. The molecule has 0 heterocycles. The van der Waals surface area contributed by atoms with E-state index in [1.807, 2.05) is 42.5 Å². The van der Waals surface area contributed by atoms with Crippen molar-refractivity contribution < 1.29 is 8.42 Å². The van der Waals surface area contributed by atoms with Gasteiger partial charge in [-0.15, -0.1) is 12.4 Å². The van der Waals surface area contributed by atoms with Crippen LogP contribution < -0.4 is 10.5 Å². The fourth-order valence-electron chi connectivity index (χ4n) is 2.13. The quantitative estimate of drug-likeness (QED) is 0.836. The molecule has 0 saturated heterocycles. The van der Waals surface area contributed by atoms with Crippen molar-refractivity contribution in [2.75, 3.05) is 6.54 Å². The van der Waals surface area contributed by atoms with E-state index in [2.05, 4.69) is 18.6 Å². The molecule has 3 N–H and O–H groups in total. The highest BCUT2D eigenvalue weighted by Gasteiger charge is 2.16. The minimum absolute atomic E-state index is 0. The van der Waals surface area contributed by atoms with E-state index >= 15 is 0 Å². The number of hydrogen-bond donors (Lipinski definition) is 2. The highest BCUT2D eigenvalue weighted by atomic mass is 35.5. The summed E-state index contributed by atoms with van der Waals surface area (Å²) >= 11 is 0. The molecule has 6 heteroatoms. The van der Waals surface area contributed by atoms with Crippen molar-refractivity contribution in [1.82, 2.24) is 4.72 Å². The first-order valence-electron chi connectivity index (χ1n) is 7.30. The smallest absolute Gasteiger partial charge is 0.240 e. The number of rotatable bonds is 6. The number of benzene rings is 2. The first-order valence-corrected chi connectivity index (χ1v) is 8.78. The number of hydrogen-bond acceptors (Lipinski definition) is 3. The largest absolute Gasteiger partial charge is 0.323 e. The highest BCUT2D eigenvalue weighted by molar-refractivity contribution is 7.89. The fourth-order valence-corrected chi connectivity index (χ4v) is 3.19. The van der Waals surface area contributed by atoms with Gasteiger partial charge in [-0.3, -0.25) is 0 Å². The maximum absolute atomic E-state index is 12.3. The lowest BCUT2D eigenvalue weighted by Gasteiger charge is -2.14. The molecule has 0 amide bonds. The maximum atomic E-state index is 12.3. The van der Waals surface area contributed by atoms with E-state index in [-0.39, 0.29) is 29.9 Å². The van der Waals surface area contributed by atoms with E-state index in [0.717, 1.165) is 11.1 Å². The van der Waals surface area contributed by atoms with Gasteiger partial charge in [-0.1, -0.05) is 56.3 Å². The molecule has 2 aromatic rings. The van der Waals surface area contributed by atoms with Gasteiger partial charge in [0.15, 0.2) is 0 Å². The highest BCUT2D eigenvalue weighted by Crippen LogP contribution is 2.17. The predicted octanol–water partition coefficient (Wildman–Crippen LogP) is 3.21. The molecule has 4 nitrogen and oxygen atoms in total. The fraction of sp³-hybridized carbons (Fsp3) is 0.294. The molecule has 126 valence electrons. The molecule has 0 bridgehead atoms. The van der Waals surface area contributed by atoms with Crippen LogP contribution in [0.25, 0.3) is 0 Å². The van der Waals surface area contributed by atoms with Crippen molar-refractivity contribution in [3.8, 4) is 0 Å². The van der Waals surface area contributed by atoms with Gasteiger partial charge in [0, 0.05) is 12.6 Å². The van der Waals surface area contributed by atoms with Crippen molar-refractivity contribution in [2.24, 2.45) is 5.73 Å². The lowest BCUT2D eigenvalue weighted by atomic mass is 10.0. The third-order valence-corrected chi connectivity index (χ3v) is 5.02. The second kappa shape index (κ2) is 8.45. The predicted molar refractivity (Wildman–Crippen MR) is 96.3 cm³/mol. The Balaban J connectivity index is 0.00000264. The summed E-state index contributed by atoms with van der Waals surface area (Å²) in [4.78, 5) is 0.261. The molecule has 1 unspecified atom stereocenters. The zero-order valence-corrected chi connectivity index (χ0v) is 14.9. The average Bonchev–Trinajstić information content (AvgIpc) is 2.53. The topological polar surface area (TPSA) is 72.2 Å². The first-order chi connectivity index (χ1) is 10.4. The summed E-state index contributed by atoms with van der Waals surface area (Å²) in [6.45, 7) is 4.31. The molecule has 0 radical (unpaired) electrons. The van der Waals surface area contributed by atoms with Gasteiger partial charge < -0.3 is 5.73 Å². The normalized spacial score (nSPS) is 12.7. The molecular formula is C17H23ClN2O2S. The van der Waals surface area contributed by atoms with Crippen molar-refractivity contribution in [1.29, 1.82) is 0 Å². The Kier molecular flexibility index (Phi) is 7.22. The van der Waals surface area contributed by atoms with Gasteiger partial charge >= 0.3 is 0 Å². The second-order valence-corrected chi connectivity index (χ2v) is 7.36. The standard InChI is InChI=1S/C17H22N2O2S.ClH/c1-13(2)14-8-10-16(11-9-14)22(20,21)19-12-17(18)15-6-4-3-5-7-15;/h3-11,13,17,19H,12,18H2,1-2H3;1H. The minimum Gasteiger partial charge on any atom is -0.323 e. The third kappa shape index (κ3) is 5.32. The van der Waals surface area contributed by atoms with Crippen LogP contribution in [0.2, 0.25) is 0 Å². The van der Waals surface area contributed by atoms with E-state index in [9.17, 15) is 8.42 Å². The summed E-state index contributed by atoms with van der Waals surface area (Å²) in [6.07, 6.45) is 0. The summed E-state index contributed by atoms with van der Waals surface area (Å²) in [5, 5.41) is 0. The van der Waals surface area contributed by atoms with Gasteiger partial charge in [-0.2, -0.15) is 0 Å². The summed E-state index contributed by atoms with van der Waals surface area (Å²) in [7, 11) is -3.54. The zero-order valence-electron chi connectivity index (χ0n) is 13.3. The summed E-state index contributed by atoms with van der Waals surface area (Å²) < 4.78 is 27.1. The molecule has 0 aliphatic carbocycles. The number of nitrogens with one attached hydrogen (secondary N) is 1.